The summed E-state index contributed by atoms with van der Waals surface area (Å²) in [5, 5.41) is 5.27. The van der Waals surface area contributed by atoms with Crippen molar-refractivity contribution < 1.29 is 14.3 Å². The molecule has 0 radical (unpaired) electrons. The molecular formula is C22H28N4O3. The summed E-state index contributed by atoms with van der Waals surface area (Å²) >= 11 is 0. The van der Waals surface area contributed by atoms with E-state index < -0.39 is 0 Å². The third kappa shape index (κ3) is 3.77. The predicted octanol–water partition coefficient (Wildman–Crippen LogP) is 3.69. The third-order valence-corrected chi connectivity index (χ3v) is 5.05. The van der Waals surface area contributed by atoms with Gasteiger partial charge in [-0.3, -0.25) is 9.48 Å². The number of hydrogen-bond donors (Lipinski definition) is 0. The summed E-state index contributed by atoms with van der Waals surface area (Å²) < 4.78 is 12.6. The lowest BCUT2D eigenvalue weighted by Gasteiger charge is -2.21. The van der Waals surface area contributed by atoms with Crippen LogP contribution in [0.4, 0.5) is 0 Å². The van der Waals surface area contributed by atoms with Gasteiger partial charge in [0.1, 0.15) is 0 Å². The minimum atomic E-state index is -0.0831. The Balaban J connectivity index is 2.03. The number of rotatable bonds is 6. The molecule has 3 aromatic rings. The van der Waals surface area contributed by atoms with Crippen LogP contribution in [0.25, 0.3) is 11.0 Å². The van der Waals surface area contributed by atoms with Crippen LogP contribution >= 0.6 is 0 Å². The van der Waals surface area contributed by atoms with Crippen LogP contribution in [0.15, 0.2) is 24.3 Å². The van der Waals surface area contributed by atoms with Crippen molar-refractivity contribution in [2.75, 3.05) is 21.3 Å². The van der Waals surface area contributed by atoms with Crippen LogP contribution in [0.1, 0.15) is 47.1 Å². The number of hydrogen-bond acceptors (Lipinski definition) is 5. The summed E-state index contributed by atoms with van der Waals surface area (Å²) in [6, 6.07) is 7.55. The molecule has 0 saturated carbocycles. The van der Waals surface area contributed by atoms with E-state index in [2.05, 4.69) is 18.9 Å². The van der Waals surface area contributed by atoms with E-state index in [9.17, 15) is 4.79 Å². The Kier molecular flexibility index (Phi) is 5.77. The van der Waals surface area contributed by atoms with Gasteiger partial charge in [-0.25, -0.2) is 4.98 Å². The highest BCUT2D eigenvalue weighted by atomic mass is 16.5. The first-order valence-electron chi connectivity index (χ1n) is 9.58. The van der Waals surface area contributed by atoms with Crippen molar-refractivity contribution in [1.82, 2.24) is 19.7 Å². The molecular weight excluding hydrogens is 368 g/mol. The summed E-state index contributed by atoms with van der Waals surface area (Å²) in [6.07, 6.45) is 0. The van der Waals surface area contributed by atoms with Crippen molar-refractivity contribution in [3.05, 3.63) is 46.8 Å². The molecule has 0 bridgehead atoms. The van der Waals surface area contributed by atoms with E-state index in [-0.39, 0.29) is 11.8 Å². The number of aromatic nitrogens is 3. The van der Waals surface area contributed by atoms with Crippen molar-refractivity contribution in [2.45, 2.75) is 33.2 Å². The first-order chi connectivity index (χ1) is 13.8. The minimum Gasteiger partial charge on any atom is -0.493 e. The minimum absolute atomic E-state index is 0.0831. The lowest BCUT2D eigenvalue weighted by molar-refractivity contribution is 0.0785. The number of methoxy groups -OCH3 is 2. The number of ether oxygens (including phenoxy) is 2. The molecule has 0 atom stereocenters. The highest BCUT2D eigenvalue weighted by Gasteiger charge is 2.23. The normalized spacial score (nSPS) is 11.2. The largest absolute Gasteiger partial charge is 0.493 e. The van der Waals surface area contributed by atoms with Crippen molar-refractivity contribution in [3.63, 3.8) is 0 Å². The molecule has 2 aromatic heterocycles. The zero-order valence-corrected chi connectivity index (χ0v) is 18.1. The molecule has 1 aromatic carbocycles. The Morgan fingerprint density at radius 2 is 1.97 bits per heavy atom. The Morgan fingerprint density at radius 1 is 1.24 bits per heavy atom. The van der Waals surface area contributed by atoms with Gasteiger partial charge in [0.25, 0.3) is 5.91 Å². The molecule has 0 saturated heterocycles. The number of carbonyl (C=O) groups is 1. The van der Waals surface area contributed by atoms with Crippen LogP contribution in [0, 0.1) is 6.92 Å². The van der Waals surface area contributed by atoms with E-state index in [1.54, 1.807) is 30.8 Å². The Bertz CT molecular complexity index is 1060. The number of fused-ring (bicyclic) bond motifs is 1. The molecule has 154 valence electrons. The van der Waals surface area contributed by atoms with Gasteiger partial charge < -0.3 is 14.4 Å². The van der Waals surface area contributed by atoms with Crippen LogP contribution < -0.4 is 9.47 Å². The summed E-state index contributed by atoms with van der Waals surface area (Å²) in [4.78, 5) is 19.9. The zero-order valence-electron chi connectivity index (χ0n) is 18.1. The maximum atomic E-state index is 13.4. The molecule has 0 fully saturated rings. The molecule has 0 N–H and O–H groups in total. The van der Waals surface area contributed by atoms with E-state index >= 15 is 0 Å². The lowest BCUT2D eigenvalue weighted by Crippen LogP contribution is -2.27. The van der Waals surface area contributed by atoms with Crippen molar-refractivity contribution in [1.29, 1.82) is 0 Å². The third-order valence-electron chi connectivity index (χ3n) is 5.05. The maximum Gasteiger partial charge on any atom is 0.254 e. The number of amides is 1. The number of aryl methyl sites for hydroxylation is 2. The predicted molar refractivity (Wildman–Crippen MR) is 113 cm³/mol. The molecule has 0 spiro atoms. The molecule has 7 heteroatoms. The number of benzene rings is 1. The maximum absolute atomic E-state index is 13.4. The Morgan fingerprint density at radius 3 is 2.59 bits per heavy atom. The van der Waals surface area contributed by atoms with Gasteiger partial charge in [0, 0.05) is 31.9 Å². The van der Waals surface area contributed by atoms with E-state index in [0.717, 1.165) is 28.0 Å². The van der Waals surface area contributed by atoms with Gasteiger partial charge in [-0.05, 0) is 25.0 Å². The molecule has 0 aliphatic carbocycles. The van der Waals surface area contributed by atoms with E-state index in [4.69, 9.17) is 14.5 Å². The molecule has 1 amide bonds. The number of para-hydroxylation sites is 1. The molecule has 7 nitrogen and oxygen atoms in total. The van der Waals surface area contributed by atoms with Crippen molar-refractivity contribution >= 4 is 16.9 Å². The fourth-order valence-electron chi connectivity index (χ4n) is 3.54. The van der Waals surface area contributed by atoms with Crippen LogP contribution in [0.5, 0.6) is 11.5 Å². The van der Waals surface area contributed by atoms with Gasteiger partial charge in [0.2, 0.25) is 0 Å². The second kappa shape index (κ2) is 8.11. The van der Waals surface area contributed by atoms with Gasteiger partial charge in [0.05, 0.1) is 30.9 Å². The van der Waals surface area contributed by atoms with Crippen molar-refractivity contribution in [2.24, 2.45) is 7.05 Å². The highest BCUT2D eigenvalue weighted by Crippen LogP contribution is 2.32. The standard InChI is InChI=1S/C22H28N4O3/c1-13(2)17-11-16(19-14(3)24-26(5)21(19)23-17)22(27)25(4)12-15-9-8-10-18(28-6)20(15)29-7/h8-11,13H,12H2,1-7H3. The topological polar surface area (TPSA) is 69.5 Å². The van der Waals surface area contributed by atoms with Crippen LogP contribution in [0.3, 0.4) is 0 Å². The first-order valence-corrected chi connectivity index (χ1v) is 9.58. The monoisotopic (exact) mass is 396 g/mol. The summed E-state index contributed by atoms with van der Waals surface area (Å²) in [5.41, 5.74) is 3.88. The number of pyridine rings is 1. The molecule has 0 unspecified atom stereocenters. The van der Waals surface area contributed by atoms with Gasteiger partial charge in [-0.1, -0.05) is 26.0 Å². The fourth-order valence-corrected chi connectivity index (χ4v) is 3.54. The van der Waals surface area contributed by atoms with Gasteiger partial charge in [-0.2, -0.15) is 5.10 Å². The van der Waals surface area contributed by atoms with Crippen LogP contribution in [0.2, 0.25) is 0 Å². The summed E-state index contributed by atoms with van der Waals surface area (Å²) in [7, 11) is 6.84. The second-order valence-corrected chi connectivity index (χ2v) is 7.47. The van der Waals surface area contributed by atoms with Crippen molar-refractivity contribution in [3.8, 4) is 11.5 Å². The van der Waals surface area contributed by atoms with E-state index in [1.807, 2.05) is 38.2 Å². The van der Waals surface area contributed by atoms with Gasteiger partial charge >= 0.3 is 0 Å². The summed E-state index contributed by atoms with van der Waals surface area (Å²) in [5.74, 6) is 1.39. The number of carbonyl (C=O) groups excluding carboxylic acids is 1. The fraction of sp³-hybridized carbons (Fsp3) is 0.409. The average molecular weight is 396 g/mol. The average Bonchev–Trinajstić information content (AvgIpc) is 3.00. The second-order valence-electron chi connectivity index (χ2n) is 7.47. The highest BCUT2D eigenvalue weighted by molar-refractivity contribution is 6.06. The summed E-state index contributed by atoms with van der Waals surface area (Å²) in [6.45, 7) is 6.42. The molecule has 3 rings (SSSR count). The van der Waals surface area contributed by atoms with E-state index in [0.29, 0.717) is 23.6 Å². The Labute approximate surface area is 171 Å². The van der Waals surface area contributed by atoms with E-state index in [1.165, 1.54) is 0 Å². The molecule has 0 aliphatic rings. The molecule has 0 aliphatic heterocycles. The Hall–Kier alpha value is -3.09. The molecule has 2 heterocycles. The SMILES string of the molecule is COc1cccc(CN(C)C(=O)c2cc(C(C)C)nc3c2c(C)nn3C)c1OC. The lowest BCUT2D eigenvalue weighted by atomic mass is 10.0. The van der Waals surface area contributed by atoms with Crippen LogP contribution in [-0.2, 0) is 13.6 Å². The van der Waals surface area contributed by atoms with Gasteiger partial charge in [0.15, 0.2) is 17.1 Å². The molecule has 29 heavy (non-hydrogen) atoms. The quantitative estimate of drug-likeness (QED) is 0.636. The van der Waals surface area contributed by atoms with Crippen LogP contribution in [-0.4, -0.2) is 46.8 Å². The first kappa shape index (κ1) is 20.6. The number of nitrogens with zero attached hydrogens (tertiary/aromatic N) is 4. The zero-order chi connectivity index (χ0) is 21.3. The smallest absolute Gasteiger partial charge is 0.254 e. The van der Waals surface area contributed by atoms with Gasteiger partial charge in [-0.15, -0.1) is 0 Å².